The molecule has 0 fully saturated rings. The average molecular weight is 265 g/mol. The molecule has 19 heavy (non-hydrogen) atoms. The number of nitrogen functional groups attached to an aromatic ring is 1. The highest BCUT2D eigenvalue weighted by atomic mass is 16.5. The number of aliphatic hydroxyl groups excluding tert-OH is 1. The van der Waals surface area contributed by atoms with Gasteiger partial charge in [0.25, 0.3) is 5.91 Å². The van der Waals surface area contributed by atoms with E-state index in [0.717, 1.165) is 18.7 Å². The first kappa shape index (κ1) is 13.5. The van der Waals surface area contributed by atoms with Crippen molar-refractivity contribution in [3.63, 3.8) is 0 Å². The molecule has 1 amide bonds. The Labute approximate surface area is 112 Å². The summed E-state index contributed by atoms with van der Waals surface area (Å²) >= 11 is 0. The van der Waals surface area contributed by atoms with Crippen LogP contribution in [0.5, 0.6) is 5.75 Å². The van der Waals surface area contributed by atoms with Gasteiger partial charge in [0.2, 0.25) is 0 Å². The zero-order chi connectivity index (χ0) is 13.8. The van der Waals surface area contributed by atoms with Gasteiger partial charge in [-0.1, -0.05) is 6.92 Å². The van der Waals surface area contributed by atoms with E-state index in [1.165, 1.54) is 0 Å². The van der Waals surface area contributed by atoms with Crippen LogP contribution in [0.3, 0.4) is 0 Å². The Hall–Kier alpha value is -1.95. The Morgan fingerprint density at radius 2 is 2.26 bits per heavy atom. The molecule has 1 aromatic carbocycles. The molecule has 4 N–H and O–H groups in total. The van der Waals surface area contributed by atoms with E-state index >= 15 is 0 Å². The topological polar surface area (TPSA) is 87.8 Å². The normalized spacial score (nSPS) is 13.5. The van der Waals surface area contributed by atoms with Crippen molar-refractivity contribution in [1.29, 1.82) is 0 Å². The van der Waals surface area contributed by atoms with Crippen molar-refractivity contribution < 1.29 is 14.6 Å². The molecule has 0 atom stereocenters. The first-order valence-electron chi connectivity index (χ1n) is 6.37. The fourth-order valence-corrected chi connectivity index (χ4v) is 2.15. The van der Waals surface area contributed by atoms with Gasteiger partial charge in [-0.25, -0.2) is 0 Å². The number of benzene rings is 1. The molecule has 0 radical (unpaired) electrons. The van der Waals surface area contributed by atoms with E-state index in [-0.39, 0.29) is 19.1 Å². The summed E-state index contributed by atoms with van der Waals surface area (Å²) in [6.07, 6.45) is 0.944. The zero-order valence-corrected chi connectivity index (χ0v) is 11.0. The second kappa shape index (κ2) is 5.79. The zero-order valence-electron chi connectivity index (χ0n) is 11.0. The van der Waals surface area contributed by atoms with Crippen molar-refractivity contribution in [2.75, 3.05) is 42.3 Å². The summed E-state index contributed by atoms with van der Waals surface area (Å²) < 4.78 is 5.31. The van der Waals surface area contributed by atoms with E-state index in [0.29, 0.717) is 23.7 Å². The van der Waals surface area contributed by atoms with E-state index in [2.05, 4.69) is 12.2 Å². The minimum Gasteiger partial charge on any atom is -0.482 e. The minimum absolute atomic E-state index is 0.0150. The molecule has 0 bridgehead atoms. The van der Waals surface area contributed by atoms with E-state index in [1.54, 1.807) is 12.1 Å². The Balaban J connectivity index is 2.34. The Morgan fingerprint density at radius 3 is 2.95 bits per heavy atom. The number of amides is 1. The number of carbonyl (C=O) groups excluding carboxylic acids is 1. The fourth-order valence-electron chi connectivity index (χ4n) is 2.15. The molecule has 0 unspecified atom stereocenters. The second-order valence-electron chi connectivity index (χ2n) is 4.45. The van der Waals surface area contributed by atoms with Gasteiger partial charge in [0.05, 0.1) is 23.7 Å². The monoisotopic (exact) mass is 265 g/mol. The molecule has 0 saturated carbocycles. The molecule has 104 valence electrons. The standard InChI is InChI=1S/C13H19N3O3/c1-2-3-16(4-5-17)11-7-10-12(6-9(11)14)19-8-13(18)15-10/h6-7,17H,2-5,8,14H2,1H3,(H,15,18). The summed E-state index contributed by atoms with van der Waals surface area (Å²) in [5, 5.41) is 11.9. The lowest BCUT2D eigenvalue weighted by Gasteiger charge is -2.27. The van der Waals surface area contributed by atoms with Crippen molar-refractivity contribution in [3.8, 4) is 5.75 Å². The van der Waals surface area contributed by atoms with E-state index in [9.17, 15) is 4.79 Å². The molecule has 1 heterocycles. The molecule has 0 aromatic heterocycles. The molecular weight excluding hydrogens is 246 g/mol. The van der Waals surface area contributed by atoms with Crippen LogP contribution in [0.15, 0.2) is 12.1 Å². The van der Waals surface area contributed by atoms with Gasteiger partial charge in [-0.15, -0.1) is 0 Å². The third-order valence-electron chi connectivity index (χ3n) is 2.97. The molecule has 0 spiro atoms. The van der Waals surface area contributed by atoms with Crippen LogP contribution in [0.25, 0.3) is 0 Å². The molecule has 0 aliphatic carbocycles. The summed E-state index contributed by atoms with van der Waals surface area (Å²) in [4.78, 5) is 13.3. The van der Waals surface area contributed by atoms with Crippen LogP contribution < -0.4 is 20.7 Å². The van der Waals surface area contributed by atoms with Crippen LogP contribution in [0.4, 0.5) is 17.1 Å². The number of rotatable bonds is 5. The molecule has 1 aliphatic heterocycles. The lowest BCUT2D eigenvalue weighted by molar-refractivity contribution is -0.118. The first-order chi connectivity index (χ1) is 9.15. The fraction of sp³-hybridized carbons (Fsp3) is 0.462. The van der Waals surface area contributed by atoms with Crippen molar-refractivity contribution in [1.82, 2.24) is 0 Å². The largest absolute Gasteiger partial charge is 0.482 e. The number of hydrogen-bond donors (Lipinski definition) is 3. The smallest absolute Gasteiger partial charge is 0.262 e. The number of aliphatic hydroxyl groups is 1. The van der Waals surface area contributed by atoms with Crippen LogP contribution in [0.1, 0.15) is 13.3 Å². The molecule has 6 nitrogen and oxygen atoms in total. The Kier molecular flexibility index (Phi) is 4.11. The maximum absolute atomic E-state index is 11.3. The summed E-state index contributed by atoms with van der Waals surface area (Å²) in [5.74, 6) is 0.411. The second-order valence-corrected chi connectivity index (χ2v) is 4.45. The predicted octanol–water partition coefficient (Wildman–Crippen LogP) is 0.808. The Morgan fingerprint density at radius 1 is 1.47 bits per heavy atom. The number of ether oxygens (including phenoxy) is 1. The predicted molar refractivity (Wildman–Crippen MR) is 74.6 cm³/mol. The van der Waals surface area contributed by atoms with Crippen molar-refractivity contribution in [2.24, 2.45) is 0 Å². The summed E-state index contributed by atoms with van der Waals surface area (Å²) in [6, 6.07) is 3.51. The maximum Gasteiger partial charge on any atom is 0.262 e. The summed E-state index contributed by atoms with van der Waals surface area (Å²) in [7, 11) is 0. The lowest BCUT2D eigenvalue weighted by Crippen LogP contribution is -2.29. The van der Waals surface area contributed by atoms with Gasteiger partial charge in [0.15, 0.2) is 6.61 Å². The van der Waals surface area contributed by atoms with E-state index in [4.69, 9.17) is 15.6 Å². The van der Waals surface area contributed by atoms with Gasteiger partial charge >= 0.3 is 0 Å². The highest BCUT2D eigenvalue weighted by Gasteiger charge is 2.19. The van der Waals surface area contributed by atoms with Crippen molar-refractivity contribution in [2.45, 2.75) is 13.3 Å². The van der Waals surface area contributed by atoms with Crippen LogP contribution in [0, 0.1) is 0 Å². The first-order valence-corrected chi connectivity index (χ1v) is 6.37. The highest BCUT2D eigenvalue weighted by molar-refractivity contribution is 5.97. The van der Waals surface area contributed by atoms with Crippen LogP contribution in [-0.2, 0) is 4.79 Å². The number of nitrogens with two attached hydrogens (primary N) is 1. The SMILES string of the molecule is CCCN(CCO)c1cc2c(cc1N)OCC(=O)N2. The third kappa shape index (κ3) is 2.90. The van der Waals surface area contributed by atoms with Crippen LogP contribution >= 0.6 is 0 Å². The number of hydrogen-bond acceptors (Lipinski definition) is 5. The van der Waals surface area contributed by atoms with Gasteiger partial charge in [-0.05, 0) is 12.5 Å². The number of anilines is 3. The van der Waals surface area contributed by atoms with Gasteiger partial charge in [0, 0.05) is 19.2 Å². The number of fused-ring (bicyclic) bond motifs is 1. The molecule has 2 rings (SSSR count). The average Bonchev–Trinajstić information content (AvgIpc) is 2.38. The quantitative estimate of drug-likeness (QED) is 0.686. The number of nitrogens with zero attached hydrogens (tertiary/aromatic N) is 1. The van der Waals surface area contributed by atoms with Crippen molar-refractivity contribution in [3.05, 3.63) is 12.1 Å². The summed E-state index contributed by atoms with van der Waals surface area (Å²) in [5.41, 5.74) is 8.04. The summed E-state index contributed by atoms with van der Waals surface area (Å²) in [6.45, 7) is 3.42. The number of carbonyl (C=O) groups is 1. The molecule has 6 heteroatoms. The molecule has 1 aliphatic rings. The third-order valence-corrected chi connectivity index (χ3v) is 2.97. The van der Waals surface area contributed by atoms with Crippen molar-refractivity contribution >= 4 is 23.0 Å². The van der Waals surface area contributed by atoms with Gasteiger partial charge in [-0.3, -0.25) is 4.79 Å². The van der Waals surface area contributed by atoms with Gasteiger partial charge in [0.1, 0.15) is 5.75 Å². The highest BCUT2D eigenvalue weighted by Crippen LogP contribution is 2.36. The van der Waals surface area contributed by atoms with E-state index in [1.807, 2.05) is 4.90 Å². The molecular formula is C13H19N3O3. The lowest BCUT2D eigenvalue weighted by atomic mass is 10.1. The van der Waals surface area contributed by atoms with Crippen LogP contribution in [-0.4, -0.2) is 37.3 Å². The van der Waals surface area contributed by atoms with Gasteiger partial charge in [-0.2, -0.15) is 0 Å². The van der Waals surface area contributed by atoms with Crippen LogP contribution in [0.2, 0.25) is 0 Å². The maximum atomic E-state index is 11.3. The molecule has 0 saturated heterocycles. The van der Waals surface area contributed by atoms with Gasteiger partial charge < -0.3 is 25.8 Å². The number of nitrogens with one attached hydrogen (secondary N) is 1. The molecule has 1 aromatic rings. The Bertz CT molecular complexity index is 470. The van der Waals surface area contributed by atoms with E-state index < -0.39 is 0 Å². The minimum atomic E-state index is -0.174.